The topological polar surface area (TPSA) is 20.2 Å². The first-order valence-electron chi connectivity index (χ1n) is 6.69. The van der Waals surface area contributed by atoms with Crippen molar-refractivity contribution < 1.29 is 5.11 Å². The summed E-state index contributed by atoms with van der Waals surface area (Å²) in [7, 11) is 0. The monoisotopic (exact) mass is 260 g/mol. The minimum Gasteiger partial charge on any atom is -0.384 e. The molecule has 0 saturated heterocycles. The van der Waals surface area contributed by atoms with Crippen LogP contribution in [0.4, 0.5) is 0 Å². The zero-order valence-electron chi connectivity index (χ0n) is 10.7. The molecule has 2 heteroatoms. The fourth-order valence-corrected chi connectivity index (χ4v) is 3.68. The van der Waals surface area contributed by atoms with E-state index in [1.165, 1.54) is 37.7 Å². The lowest BCUT2D eigenvalue weighted by Crippen LogP contribution is -2.08. The van der Waals surface area contributed by atoms with Crippen molar-refractivity contribution in [2.24, 2.45) is 0 Å². The minimum atomic E-state index is -0.0654. The van der Waals surface area contributed by atoms with Crippen LogP contribution in [-0.2, 0) is 5.75 Å². The van der Waals surface area contributed by atoms with E-state index in [1.807, 2.05) is 12.1 Å². The number of rotatable bonds is 3. The Hall–Kier alpha value is -0.910. The molecule has 2 rings (SSSR count). The van der Waals surface area contributed by atoms with Gasteiger partial charge in [-0.15, -0.1) is 0 Å². The largest absolute Gasteiger partial charge is 0.384 e. The highest BCUT2D eigenvalue weighted by Gasteiger charge is 2.14. The van der Waals surface area contributed by atoms with Crippen LogP contribution in [0.2, 0.25) is 0 Å². The Morgan fingerprint density at radius 1 is 1.17 bits per heavy atom. The summed E-state index contributed by atoms with van der Waals surface area (Å²) in [5.74, 6) is 6.82. The molecule has 1 aromatic rings. The molecule has 1 aliphatic rings. The molecule has 0 amide bonds. The van der Waals surface area contributed by atoms with Crippen molar-refractivity contribution in [3.8, 4) is 11.8 Å². The van der Waals surface area contributed by atoms with Crippen molar-refractivity contribution in [3.63, 3.8) is 0 Å². The highest BCUT2D eigenvalue weighted by atomic mass is 32.2. The van der Waals surface area contributed by atoms with E-state index in [0.717, 1.165) is 16.6 Å². The standard InChI is InChI=1S/C16H20OS/c17-12-6-9-14-7-4-5-8-15(14)13-18-16-10-2-1-3-11-16/h4-5,7-8,16-17H,1-3,10-13H2. The maximum absolute atomic E-state index is 8.77. The Morgan fingerprint density at radius 2 is 1.94 bits per heavy atom. The van der Waals surface area contributed by atoms with E-state index >= 15 is 0 Å². The van der Waals surface area contributed by atoms with Crippen LogP contribution < -0.4 is 0 Å². The maximum Gasteiger partial charge on any atom is 0.104 e. The molecule has 1 aliphatic carbocycles. The summed E-state index contributed by atoms with van der Waals surface area (Å²) in [6.07, 6.45) is 6.94. The highest BCUT2D eigenvalue weighted by Crippen LogP contribution is 2.30. The highest BCUT2D eigenvalue weighted by molar-refractivity contribution is 7.99. The van der Waals surface area contributed by atoms with Crippen molar-refractivity contribution in [1.82, 2.24) is 0 Å². The van der Waals surface area contributed by atoms with Gasteiger partial charge in [-0.3, -0.25) is 0 Å². The van der Waals surface area contributed by atoms with Gasteiger partial charge in [0.25, 0.3) is 0 Å². The van der Waals surface area contributed by atoms with Gasteiger partial charge in [0.1, 0.15) is 6.61 Å². The number of benzene rings is 1. The molecule has 1 N–H and O–H groups in total. The summed E-state index contributed by atoms with van der Waals surface area (Å²) in [6, 6.07) is 8.27. The molecule has 1 aromatic carbocycles. The van der Waals surface area contributed by atoms with Crippen molar-refractivity contribution >= 4 is 11.8 Å². The van der Waals surface area contributed by atoms with E-state index in [2.05, 4.69) is 35.7 Å². The molecular weight excluding hydrogens is 240 g/mol. The van der Waals surface area contributed by atoms with E-state index < -0.39 is 0 Å². The third-order valence-electron chi connectivity index (χ3n) is 3.35. The van der Waals surface area contributed by atoms with E-state index in [4.69, 9.17) is 5.11 Å². The number of thioether (sulfide) groups is 1. The van der Waals surface area contributed by atoms with Crippen LogP contribution >= 0.6 is 11.8 Å². The Balaban J connectivity index is 1.95. The number of aliphatic hydroxyl groups is 1. The summed E-state index contributed by atoms with van der Waals surface area (Å²) in [4.78, 5) is 0. The van der Waals surface area contributed by atoms with E-state index in [0.29, 0.717) is 0 Å². The molecule has 0 atom stereocenters. The fourth-order valence-electron chi connectivity index (χ4n) is 2.34. The van der Waals surface area contributed by atoms with E-state index in [-0.39, 0.29) is 6.61 Å². The number of aliphatic hydroxyl groups excluding tert-OH is 1. The van der Waals surface area contributed by atoms with Crippen LogP contribution in [0.3, 0.4) is 0 Å². The molecule has 18 heavy (non-hydrogen) atoms. The van der Waals surface area contributed by atoms with Crippen molar-refractivity contribution in [2.45, 2.75) is 43.1 Å². The number of hydrogen-bond acceptors (Lipinski definition) is 2. The predicted octanol–water partition coefficient (Wildman–Crippen LogP) is 3.60. The van der Waals surface area contributed by atoms with Crippen molar-refractivity contribution in [3.05, 3.63) is 35.4 Å². The van der Waals surface area contributed by atoms with Crippen LogP contribution in [-0.4, -0.2) is 17.0 Å². The first-order chi connectivity index (χ1) is 8.90. The lowest BCUT2D eigenvalue weighted by Gasteiger charge is -2.21. The van der Waals surface area contributed by atoms with Gasteiger partial charge in [0.15, 0.2) is 0 Å². The lowest BCUT2D eigenvalue weighted by molar-refractivity contribution is 0.350. The summed E-state index contributed by atoms with van der Waals surface area (Å²) in [5, 5.41) is 9.60. The van der Waals surface area contributed by atoms with Crippen LogP contribution in [0.25, 0.3) is 0 Å². The Kier molecular flexibility index (Phi) is 5.64. The molecule has 0 unspecified atom stereocenters. The summed E-state index contributed by atoms with van der Waals surface area (Å²) in [6.45, 7) is -0.0654. The normalized spacial score (nSPS) is 16.1. The Morgan fingerprint density at radius 3 is 2.72 bits per heavy atom. The zero-order chi connectivity index (χ0) is 12.6. The van der Waals surface area contributed by atoms with Crippen LogP contribution in [0, 0.1) is 11.8 Å². The minimum absolute atomic E-state index is 0.0654. The third kappa shape index (κ3) is 4.08. The summed E-state index contributed by atoms with van der Waals surface area (Å²) >= 11 is 2.07. The van der Waals surface area contributed by atoms with Crippen LogP contribution in [0.5, 0.6) is 0 Å². The first kappa shape index (κ1) is 13.5. The van der Waals surface area contributed by atoms with Gasteiger partial charge in [0.2, 0.25) is 0 Å². The van der Waals surface area contributed by atoms with Gasteiger partial charge in [-0.1, -0.05) is 49.3 Å². The zero-order valence-corrected chi connectivity index (χ0v) is 11.5. The second-order valence-electron chi connectivity index (χ2n) is 4.69. The second-order valence-corrected chi connectivity index (χ2v) is 5.98. The van der Waals surface area contributed by atoms with E-state index in [9.17, 15) is 0 Å². The van der Waals surface area contributed by atoms with Crippen LogP contribution in [0.15, 0.2) is 24.3 Å². The molecule has 0 heterocycles. The second kappa shape index (κ2) is 7.51. The average Bonchev–Trinajstić information content (AvgIpc) is 2.45. The van der Waals surface area contributed by atoms with Gasteiger partial charge in [-0.25, -0.2) is 0 Å². The third-order valence-corrected chi connectivity index (χ3v) is 4.77. The molecule has 1 fully saturated rings. The molecule has 0 aromatic heterocycles. The number of hydrogen-bond donors (Lipinski definition) is 1. The quantitative estimate of drug-likeness (QED) is 0.838. The van der Waals surface area contributed by atoms with Crippen molar-refractivity contribution in [2.75, 3.05) is 6.61 Å². The van der Waals surface area contributed by atoms with Gasteiger partial charge in [0.05, 0.1) is 0 Å². The molecule has 0 radical (unpaired) electrons. The van der Waals surface area contributed by atoms with Crippen molar-refractivity contribution in [1.29, 1.82) is 0 Å². The maximum atomic E-state index is 8.77. The fraction of sp³-hybridized carbons (Fsp3) is 0.500. The average molecular weight is 260 g/mol. The summed E-state index contributed by atoms with van der Waals surface area (Å²) < 4.78 is 0. The Bertz CT molecular complexity index is 424. The first-order valence-corrected chi connectivity index (χ1v) is 7.74. The van der Waals surface area contributed by atoms with Gasteiger partial charge < -0.3 is 5.11 Å². The Labute approximate surface area is 114 Å². The van der Waals surface area contributed by atoms with Gasteiger partial charge >= 0.3 is 0 Å². The molecule has 0 aliphatic heterocycles. The molecule has 1 nitrogen and oxygen atoms in total. The SMILES string of the molecule is OCC#Cc1ccccc1CSC1CCCCC1. The predicted molar refractivity (Wildman–Crippen MR) is 78.6 cm³/mol. The molecule has 96 valence electrons. The van der Waals surface area contributed by atoms with Gasteiger partial charge in [-0.05, 0) is 24.5 Å². The van der Waals surface area contributed by atoms with Gasteiger partial charge in [0, 0.05) is 16.6 Å². The van der Waals surface area contributed by atoms with Crippen LogP contribution in [0.1, 0.15) is 43.2 Å². The van der Waals surface area contributed by atoms with E-state index in [1.54, 1.807) is 0 Å². The lowest BCUT2D eigenvalue weighted by atomic mass is 10.0. The smallest absolute Gasteiger partial charge is 0.104 e. The molecule has 0 spiro atoms. The van der Waals surface area contributed by atoms with Gasteiger partial charge in [-0.2, -0.15) is 11.8 Å². The summed E-state index contributed by atoms with van der Waals surface area (Å²) in [5.41, 5.74) is 2.36. The molecular formula is C16H20OS. The molecule has 1 saturated carbocycles. The molecule has 0 bridgehead atoms.